The van der Waals surface area contributed by atoms with Gasteiger partial charge in [0.1, 0.15) is 5.54 Å². The molecule has 2 heterocycles. The third-order valence-corrected chi connectivity index (χ3v) is 3.33. The van der Waals surface area contributed by atoms with E-state index in [2.05, 4.69) is 10.3 Å². The van der Waals surface area contributed by atoms with Crippen LogP contribution in [0.2, 0.25) is 0 Å². The Kier molecular flexibility index (Phi) is 3.28. The van der Waals surface area contributed by atoms with Gasteiger partial charge in [-0.1, -0.05) is 0 Å². The van der Waals surface area contributed by atoms with Crippen molar-refractivity contribution in [2.75, 3.05) is 11.4 Å². The number of hydrogen-bond donors (Lipinski definition) is 2. The maximum absolute atomic E-state index is 11.9. The number of piperazine rings is 1. The van der Waals surface area contributed by atoms with Crippen LogP contribution in [-0.2, 0) is 9.59 Å². The summed E-state index contributed by atoms with van der Waals surface area (Å²) in [6, 6.07) is 3.50. The minimum atomic E-state index is -0.786. The zero-order valence-corrected chi connectivity index (χ0v) is 11.3. The van der Waals surface area contributed by atoms with E-state index in [4.69, 9.17) is 5.73 Å². The van der Waals surface area contributed by atoms with Crippen LogP contribution < -0.4 is 16.0 Å². The molecule has 0 saturated carbocycles. The fourth-order valence-corrected chi connectivity index (χ4v) is 2.02. The average Bonchev–Trinajstić information content (AvgIpc) is 2.34. The standard InChI is InChI=1S/C13H18N4O2/c1-8(14)10-5-4-9(6-15-10)17-7-11(18)16-12(19)13(17,2)3/h4-6,8H,7,14H2,1-3H3,(H,16,18,19). The molecule has 1 atom stereocenters. The highest BCUT2D eigenvalue weighted by Crippen LogP contribution is 2.26. The van der Waals surface area contributed by atoms with Gasteiger partial charge in [0.2, 0.25) is 5.91 Å². The minimum absolute atomic E-state index is 0.137. The first-order chi connectivity index (χ1) is 8.82. The van der Waals surface area contributed by atoms with Crippen molar-refractivity contribution in [3.8, 4) is 0 Å². The van der Waals surface area contributed by atoms with E-state index in [0.29, 0.717) is 0 Å². The summed E-state index contributed by atoms with van der Waals surface area (Å²) in [6.07, 6.45) is 1.65. The number of aromatic nitrogens is 1. The number of imide groups is 1. The first-order valence-electron chi connectivity index (χ1n) is 6.16. The van der Waals surface area contributed by atoms with Gasteiger partial charge >= 0.3 is 0 Å². The number of pyridine rings is 1. The smallest absolute Gasteiger partial charge is 0.251 e. The first kappa shape index (κ1) is 13.5. The van der Waals surface area contributed by atoms with Crippen LogP contribution >= 0.6 is 0 Å². The lowest BCUT2D eigenvalue weighted by atomic mass is 9.98. The predicted molar refractivity (Wildman–Crippen MR) is 71.4 cm³/mol. The third kappa shape index (κ3) is 2.44. The summed E-state index contributed by atoms with van der Waals surface area (Å²) in [5.74, 6) is -0.611. The van der Waals surface area contributed by atoms with E-state index < -0.39 is 5.54 Å². The molecular weight excluding hydrogens is 244 g/mol. The summed E-state index contributed by atoms with van der Waals surface area (Å²) in [6.45, 7) is 5.53. The average molecular weight is 262 g/mol. The van der Waals surface area contributed by atoms with Crippen LogP contribution in [0.4, 0.5) is 5.69 Å². The van der Waals surface area contributed by atoms with E-state index in [1.165, 1.54) is 0 Å². The molecule has 2 amide bonds. The molecule has 102 valence electrons. The van der Waals surface area contributed by atoms with Crippen molar-refractivity contribution in [3.05, 3.63) is 24.0 Å². The number of amides is 2. The Morgan fingerprint density at radius 3 is 2.63 bits per heavy atom. The third-order valence-electron chi connectivity index (χ3n) is 3.33. The second kappa shape index (κ2) is 4.62. The molecule has 1 aromatic heterocycles. The Hall–Kier alpha value is -1.95. The Labute approximate surface area is 112 Å². The van der Waals surface area contributed by atoms with Crippen LogP contribution in [0.3, 0.4) is 0 Å². The molecule has 19 heavy (non-hydrogen) atoms. The molecule has 6 heteroatoms. The summed E-state index contributed by atoms with van der Waals surface area (Å²) in [4.78, 5) is 29.4. The van der Waals surface area contributed by atoms with Gasteiger partial charge in [0.05, 0.1) is 24.1 Å². The van der Waals surface area contributed by atoms with Gasteiger partial charge in [-0.3, -0.25) is 19.9 Å². The molecule has 6 nitrogen and oxygen atoms in total. The van der Waals surface area contributed by atoms with E-state index in [0.717, 1.165) is 11.4 Å². The number of hydrogen-bond acceptors (Lipinski definition) is 5. The van der Waals surface area contributed by atoms with Crippen LogP contribution in [0.1, 0.15) is 32.5 Å². The highest BCUT2D eigenvalue weighted by Gasteiger charge is 2.41. The number of carbonyl (C=O) groups is 2. The molecule has 3 N–H and O–H groups in total. The highest BCUT2D eigenvalue weighted by molar-refractivity contribution is 6.06. The molecule has 0 aliphatic carbocycles. The van der Waals surface area contributed by atoms with E-state index in [-0.39, 0.29) is 24.4 Å². The van der Waals surface area contributed by atoms with Gasteiger partial charge in [-0.25, -0.2) is 0 Å². The Morgan fingerprint density at radius 1 is 1.42 bits per heavy atom. The predicted octanol–water partition coefficient (Wildman–Crippen LogP) is 0.343. The van der Waals surface area contributed by atoms with Crippen LogP contribution in [0.15, 0.2) is 18.3 Å². The molecule has 0 bridgehead atoms. The largest absolute Gasteiger partial charge is 0.347 e. The summed E-state index contributed by atoms with van der Waals surface area (Å²) in [7, 11) is 0. The SMILES string of the molecule is CC(N)c1ccc(N2CC(=O)NC(=O)C2(C)C)cn1. The highest BCUT2D eigenvalue weighted by atomic mass is 16.2. The van der Waals surface area contributed by atoms with Crippen molar-refractivity contribution in [2.45, 2.75) is 32.4 Å². The molecule has 1 aliphatic heterocycles. The van der Waals surface area contributed by atoms with Gasteiger partial charge in [0.25, 0.3) is 5.91 Å². The second-order valence-electron chi connectivity index (χ2n) is 5.25. The van der Waals surface area contributed by atoms with Crippen molar-refractivity contribution >= 4 is 17.5 Å². The monoisotopic (exact) mass is 262 g/mol. The zero-order valence-electron chi connectivity index (χ0n) is 11.3. The summed E-state index contributed by atoms with van der Waals surface area (Å²) < 4.78 is 0. The molecular formula is C13H18N4O2. The lowest BCUT2D eigenvalue weighted by molar-refractivity contribution is -0.135. The maximum atomic E-state index is 11.9. The Bertz CT molecular complexity index is 508. The first-order valence-corrected chi connectivity index (χ1v) is 6.16. The molecule has 1 saturated heterocycles. The molecule has 2 rings (SSSR count). The van der Waals surface area contributed by atoms with Crippen molar-refractivity contribution in [3.63, 3.8) is 0 Å². The van der Waals surface area contributed by atoms with Gasteiger partial charge < -0.3 is 10.6 Å². The Balaban J connectivity index is 2.33. The number of rotatable bonds is 2. The topological polar surface area (TPSA) is 88.3 Å². The molecule has 1 aliphatic rings. The second-order valence-corrected chi connectivity index (χ2v) is 5.25. The number of nitrogens with one attached hydrogen (secondary N) is 1. The number of nitrogens with two attached hydrogens (primary N) is 1. The van der Waals surface area contributed by atoms with Gasteiger partial charge in [-0.15, -0.1) is 0 Å². The van der Waals surface area contributed by atoms with E-state index in [9.17, 15) is 9.59 Å². The van der Waals surface area contributed by atoms with Gasteiger partial charge in [0, 0.05) is 6.04 Å². The van der Waals surface area contributed by atoms with E-state index >= 15 is 0 Å². The van der Waals surface area contributed by atoms with Gasteiger partial charge in [-0.2, -0.15) is 0 Å². The van der Waals surface area contributed by atoms with Crippen molar-refractivity contribution in [1.82, 2.24) is 10.3 Å². The number of carbonyl (C=O) groups excluding carboxylic acids is 2. The summed E-state index contributed by atoms with van der Waals surface area (Å²) in [5.41, 5.74) is 6.47. The molecule has 1 aromatic rings. The fourth-order valence-electron chi connectivity index (χ4n) is 2.02. The lowest BCUT2D eigenvalue weighted by Gasteiger charge is -2.41. The van der Waals surface area contributed by atoms with Crippen molar-refractivity contribution in [1.29, 1.82) is 0 Å². The van der Waals surface area contributed by atoms with Crippen LogP contribution in [0.25, 0.3) is 0 Å². The summed E-state index contributed by atoms with van der Waals surface area (Å²) in [5, 5.41) is 2.34. The molecule has 0 radical (unpaired) electrons. The van der Waals surface area contributed by atoms with Gasteiger partial charge in [-0.05, 0) is 32.9 Å². The summed E-state index contributed by atoms with van der Waals surface area (Å²) >= 11 is 0. The molecule has 1 fully saturated rings. The van der Waals surface area contributed by atoms with E-state index in [1.807, 2.05) is 19.1 Å². The van der Waals surface area contributed by atoms with Crippen LogP contribution in [-0.4, -0.2) is 28.9 Å². The number of anilines is 1. The normalized spacial score (nSPS) is 20.1. The lowest BCUT2D eigenvalue weighted by Crippen LogP contribution is -2.64. The molecule has 0 aromatic carbocycles. The zero-order chi connectivity index (χ0) is 14.2. The fraction of sp³-hybridized carbons (Fsp3) is 0.462. The van der Waals surface area contributed by atoms with Crippen LogP contribution in [0.5, 0.6) is 0 Å². The quantitative estimate of drug-likeness (QED) is 0.750. The van der Waals surface area contributed by atoms with Crippen LogP contribution in [0, 0.1) is 0 Å². The Morgan fingerprint density at radius 2 is 2.11 bits per heavy atom. The van der Waals surface area contributed by atoms with Gasteiger partial charge in [0.15, 0.2) is 0 Å². The molecule has 0 spiro atoms. The van der Waals surface area contributed by atoms with Crippen molar-refractivity contribution < 1.29 is 9.59 Å². The maximum Gasteiger partial charge on any atom is 0.251 e. The van der Waals surface area contributed by atoms with E-state index in [1.54, 1.807) is 24.9 Å². The minimum Gasteiger partial charge on any atom is -0.347 e. The number of nitrogens with zero attached hydrogens (tertiary/aromatic N) is 2. The van der Waals surface area contributed by atoms with Crippen molar-refractivity contribution in [2.24, 2.45) is 5.73 Å². The molecule has 1 unspecified atom stereocenters.